The molecule has 0 heterocycles. The molecule has 0 amide bonds. The Labute approximate surface area is 56.3 Å². The monoisotopic (exact) mass is 131 g/mol. The summed E-state index contributed by atoms with van der Waals surface area (Å²) in [5.74, 6) is 0. The third-order valence-electron chi connectivity index (χ3n) is 0.907. The number of hydrogen-bond acceptors (Lipinski definition) is 2. The molecule has 0 saturated heterocycles. The maximum atomic E-state index is 5.66. The van der Waals surface area contributed by atoms with Crippen LogP contribution in [0.4, 0.5) is 0 Å². The summed E-state index contributed by atoms with van der Waals surface area (Å²) in [5.41, 5.74) is 5.61. The second kappa shape index (κ2) is 3.15. The van der Waals surface area contributed by atoms with Crippen LogP contribution in [0.25, 0.3) is 0 Å². The molecule has 0 saturated carbocycles. The van der Waals surface area contributed by atoms with Gasteiger partial charge in [0.15, 0.2) is 0 Å². The second-order valence-corrected chi connectivity index (χ2v) is 3.03. The average molecular weight is 131 g/mol. The first-order chi connectivity index (χ1) is 3.56. The van der Waals surface area contributed by atoms with Gasteiger partial charge in [-0.1, -0.05) is 12.2 Å². The van der Waals surface area contributed by atoms with Gasteiger partial charge in [-0.05, 0) is 32.1 Å². The molecule has 0 bridgehead atoms. The fourth-order valence-corrected chi connectivity index (χ4v) is 0.549. The summed E-state index contributed by atoms with van der Waals surface area (Å²) in [6, 6.07) is 0. The van der Waals surface area contributed by atoms with Gasteiger partial charge < -0.3 is 5.73 Å². The third kappa shape index (κ3) is 6.05. The Hall–Kier alpha value is 0.0500. The molecule has 0 aromatic rings. The van der Waals surface area contributed by atoms with Gasteiger partial charge in [0, 0.05) is 5.54 Å². The summed E-state index contributed by atoms with van der Waals surface area (Å²) in [6.45, 7) is 4.01. The van der Waals surface area contributed by atoms with Crippen molar-refractivity contribution < 1.29 is 0 Å². The zero-order valence-corrected chi connectivity index (χ0v) is 6.29. The topological polar surface area (TPSA) is 26.0 Å². The first-order valence-corrected chi connectivity index (χ1v) is 3.26. The highest BCUT2D eigenvalue weighted by atomic mass is 32.1. The Morgan fingerprint density at radius 1 is 1.62 bits per heavy atom. The van der Waals surface area contributed by atoms with E-state index < -0.39 is 0 Å². The minimum Gasteiger partial charge on any atom is -0.326 e. The minimum absolute atomic E-state index is 0.0463. The first-order valence-electron chi connectivity index (χ1n) is 2.79. The Kier molecular flexibility index (Phi) is 3.17. The predicted octanol–water partition coefficient (Wildman–Crippen LogP) is 1.50. The van der Waals surface area contributed by atoms with Crippen LogP contribution in [-0.2, 0) is 0 Å². The third-order valence-corrected chi connectivity index (χ3v) is 1.14. The molecule has 1 nitrogen and oxygen atoms in total. The van der Waals surface area contributed by atoms with E-state index in [1.807, 2.05) is 13.8 Å². The quantitative estimate of drug-likeness (QED) is 0.587. The molecule has 0 unspecified atom stereocenters. The number of thiocarbonyl (C=S) groups is 1. The van der Waals surface area contributed by atoms with E-state index in [-0.39, 0.29) is 5.54 Å². The summed E-state index contributed by atoms with van der Waals surface area (Å²) >= 11 is 4.64. The molecule has 0 aromatic carbocycles. The molecule has 0 aliphatic carbocycles. The maximum Gasteiger partial charge on any atom is 0.0100 e. The van der Waals surface area contributed by atoms with Gasteiger partial charge in [0.25, 0.3) is 0 Å². The molecular weight excluding hydrogens is 118 g/mol. The highest BCUT2D eigenvalue weighted by Crippen LogP contribution is 2.04. The van der Waals surface area contributed by atoms with Gasteiger partial charge >= 0.3 is 0 Å². The average Bonchev–Trinajstić information content (AvgIpc) is 1.59. The molecular formula is C6H13NS. The Bertz CT molecular complexity index is 73.1. The molecule has 0 spiro atoms. The van der Waals surface area contributed by atoms with E-state index in [0.717, 1.165) is 12.8 Å². The van der Waals surface area contributed by atoms with Gasteiger partial charge in [0.1, 0.15) is 0 Å². The molecule has 8 heavy (non-hydrogen) atoms. The summed E-state index contributed by atoms with van der Waals surface area (Å²) < 4.78 is 0. The van der Waals surface area contributed by atoms with Gasteiger partial charge in [0.2, 0.25) is 0 Å². The van der Waals surface area contributed by atoms with Gasteiger partial charge in [0.05, 0.1) is 0 Å². The van der Waals surface area contributed by atoms with Crippen LogP contribution in [0.1, 0.15) is 26.7 Å². The van der Waals surface area contributed by atoms with E-state index >= 15 is 0 Å². The smallest absolute Gasteiger partial charge is 0.0100 e. The summed E-state index contributed by atoms with van der Waals surface area (Å²) in [6.07, 6.45) is 1.93. The lowest BCUT2D eigenvalue weighted by atomic mass is 10.0. The lowest BCUT2D eigenvalue weighted by Crippen LogP contribution is -2.31. The first kappa shape index (κ1) is 8.05. The van der Waals surface area contributed by atoms with Crippen LogP contribution in [0.5, 0.6) is 0 Å². The molecule has 0 atom stereocenters. The van der Waals surface area contributed by atoms with E-state index in [2.05, 4.69) is 12.2 Å². The number of rotatable bonds is 3. The standard InChI is InChI=1S/C6H13NS/c1-6(2,7)4-3-5-8/h5H,3-4,7H2,1-2H3. The van der Waals surface area contributed by atoms with Crippen molar-refractivity contribution in [3.05, 3.63) is 0 Å². The maximum absolute atomic E-state index is 5.66. The molecule has 0 aliphatic heterocycles. The molecule has 0 rings (SSSR count). The van der Waals surface area contributed by atoms with E-state index in [9.17, 15) is 0 Å². The lowest BCUT2D eigenvalue weighted by molar-refractivity contribution is 0.489. The van der Waals surface area contributed by atoms with Crippen LogP contribution < -0.4 is 5.73 Å². The Morgan fingerprint density at radius 2 is 2.12 bits per heavy atom. The van der Waals surface area contributed by atoms with Crippen molar-refractivity contribution in [2.45, 2.75) is 32.2 Å². The van der Waals surface area contributed by atoms with E-state index in [4.69, 9.17) is 5.73 Å². The van der Waals surface area contributed by atoms with Crippen LogP contribution in [-0.4, -0.2) is 10.9 Å². The van der Waals surface area contributed by atoms with Gasteiger partial charge in [-0.25, -0.2) is 0 Å². The molecule has 0 radical (unpaired) electrons. The van der Waals surface area contributed by atoms with E-state index in [1.165, 1.54) is 0 Å². The highest BCUT2D eigenvalue weighted by molar-refractivity contribution is 7.78. The summed E-state index contributed by atoms with van der Waals surface area (Å²) in [4.78, 5) is 0. The largest absolute Gasteiger partial charge is 0.326 e. The van der Waals surface area contributed by atoms with E-state index in [1.54, 1.807) is 5.37 Å². The summed E-state index contributed by atoms with van der Waals surface area (Å²) in [7, 11) is 0. The number of nitrogens with two attached hydrogens (primary N) is 1. The molecule has 0 aliphatic rings. The molecule has 48 valence electrons. The molecule has 0 fully saturated rings. The van der Waals surface area contributed by atoms with Crippen molar-refractivity contribution in [3.63, 3.8) is 0 Å². The molecule has 0 aromatic heterocycles. The highest BCUT2D eigenvalue weighted by Gasteiger charge is 2.07. The molecule has 2 heteroatoms. The Morgan fingerprint density at radius 3 is 2.25 bits per heavy atom. The van der Waals surface area contributed by atoms with Gasteiger partial charge in [-0.2, -0.15) is 0 Å². The van der Waals surface area contributed by atoms with Crippen LogP contribution in [0.3, 0.4) is 0 Å². The van der Waals surface area contributed by atoms with Crippen molar-refractivity contribution in [1.29, 1.82) is 0 Å². The van der Waals surface area contributed by atoms with Crippen molar-refractivity contribution in [2.75, 3.05) is 0 Å². The fourth-order valence-electron chi connectivity index (χ4n) is 0.431. The van der Waals surface area contributed by atoms with Crippen LogP contribution in [0, 0.1) is 0 Å². The Balaban J connectivity index is 3.24. The van der Waals surface area contributed by atoms with Gasteiger partial charge in [-0.3, -0.25) is 0 Å². The molecule has 2 N–H and O–H groups in total. The lowest BCUT2D eigenvalue weighted by Gasteiger charge is -2.15. The number of hydrogen-bond donors (Lipinski definition) is 1. The minimum atomic E-state index is -0.0463. The van der Waals surface area contributed by atoms with Crippen molar-refractivity contribution in [1.82, 2.24) is 0 Å². The van der Waals surface area contributed by atoms with Crippen molar-refractivity contribution in [2.24, 2.45) is 5.73 Å². The predicted molar refractivity (Wildman–Crippen MR) is 41.2 cm³/mol. The van der Waals surface area contributed by atoms with E-state index in [0.29, 0.717) is 0 Å². The fraction of sp³-hybridized carbons (Fsp3) is 0.833. The second-order valence-electron chi connectivity index (χ2n) is 2.69. The van der Waals surface area contributed by atoms with Gasteiger partial charge in [-0.15, -0.1) is 0 Å². The van der Waals surface area contributed by atoms with Crippen LogP contribution in [0.15, 0.2) is 0 Å². The van der Waals surface area contributed by atoms with Crippen LogP contribution in [0.2, 0.25) is 0 Å². The normalized spacial score (nSPS) is 11.4. The van der Waals surface area contributed by atoms with Crippen molar-refractivity contribution >= 4 is 17.6 Å². The van der Waals surface area contributed by atoms with Crippen LogP contribution >= 0.6 is 12.2 Å². The summed E-state index contributed by atoms with van der Waals surface area (Å²) in [5, 5.41) is 1.73. The zero-order valence-electron chi connectivity index (χ0n) is 5.48. The SMILES string of the molecule is CC(C)(N)CCC=S. The van der Waals surface area contributed by atoms with Crippen molar-refractivity contribution in [3.8, 4) is 0 Å². The zero-order chi connectivity index (χ0) is 6.62.